The van der Waals surface area contributed by atoms with Gasteiger partial charge in [-0.3, -0.25) is 0 Å². The molecule has 17 heavy (non-hydrogen) atoms. The van der Waals surface area contributed by atoms with E-state index in [0.29, 0.717) is 0 Å². The maximum atomic E-state index is 11.7. The maximum absolute atomic E-state index is 11.7. The normalized spacial score (nSPS) is 12.8. The van der Waals surface area contributed by atoms with Gasteiger partial charge in [-0.15, -0.1) is 0 Å². The fraction of sp³-hybridized carbons (Fsp3) is 0.429. The van der Waals surface area contributed by atoms with Crippen molar-refractivity contribution in [1.29, 1.82) is 0 Å². The molecule has 0 N–H and O–H groups in total. The van der Waals surface area contributed by atoms with Crippen LogP contribution < -0.4 is 0 Å². The highest BCUT2D eigenvalue weighted by Crippen LogP contribution is 1.96. The Morgan fingerprint density at radius 1 is 1.41 bits per heavy atom. The van der Waals surface area contributed by atoms with Crippen LogP contribution in [0, 0.1) is 0 Å². The number of hydrogen-bond acceptors (Lipinski definition) is 1. The second-order valence-corrected chi connectivity index (χ2v) is 3.42. The summed E-state index contributed by atoms with van der Waals surface area (Å²) in [4.78, 5) is 0. The largest absolute Gasteiger partial charge is 0.208 e. The Morgan fingerprint density at radius 2 is 1.94 bits per heavy atom. The molecule has 1 rings (SSSR count). The molecular weight excluding hydrogens is 215 g/mol. The fourth-order valence-corrected chi connectivity index (χ4v) is 0.848. The highest BCUT2D eigenvalue weighted by atomic mass is 19.1. The molecular formula is C14H24FN2+. The monoisotopic (exact) mass is 239 g/mol. The van der Waals surface area contributed by atoms with Crippen LogP contribution in [-0.4, -0.2) is 23.7 Å². The summed E-state index contributed by atoms with van der Waals surface area (Å²) >= 11 is 0. The van der Waals surface area contributed by atoms with Crippen LogP contribution in [-0.2, 0) is 0 Å². The van der Waals surface area contributed by atoms with Crippen molar-refractivity contribution in [2.45, 2.75) is 34.1 Å². The van der Waals surface area contributed by atoms with Gasteiger partial charge < -0.3 is 0 Å². The number of rotatable bonds is 2. The molecule has 96 valence electrons. The second kappa shape index (κ2) is 11.0. The van der Waals surface area contributed by atoms with Gasteiger partial charge in [0.25, 0.3) is 0 Å². The van der Waals surface area contributed by atoms with Crippen molar-refractivity contribution in [2.24, 2.45) is 5.10 Å². The Hall–Kier alpha value is -1.51. The van der Waals surface area contributed by atoms with E-state index in [9.17, 15) is 4.39 Å². The van der Waals surface area contributed by atoms with E-state index in [0.717, 1.165) is 12.0 Å². The van der Waals surface area contributed by atoms with Gasteiger partial charge in [0.05, 0.1) is 12.1 Å². The Labute approximate surface area is 105 Å². The first-order chi connectivity index (χ1) is 7.91. The third kappa shape index (κ3) is 14.5. The smallest absolute Gasteiger partial charge is 0.178 e. The third-order valence-electron chi connectivity index (χ3n) is 1.53. The summed E-state index contributed by atoms with van der Waals surface area (Å²) in [5, 5.41) is 4.08. The van der Waals surface area contributed by atoms with Gasteiger partial charge in [-0.25, -0.2) is 4.39 Å². The van der Waals surface area contributed by atoms with Crippen LogP contribution in [0.25, 0.3) is 0 Å². The van der Waals surface area contributed by atoms with Gasteiger partial charge in [-0.2, -0.15) is 0 Å². The van der Waals surface area contributed by atoms with Crippen molar-refractivity contribution >= 4 is 11.9 Å². The number of hydrogen-bond donors (Lipinski definition) is 0. The standard InChI is InChI=1S/C7H9F.C5H9N2.C2H6/c1-6(2)4-5-7(3)8;1-5-3-4-7(2)6-5;1-2/h4-5H,1,3H2,2H3;4H,3H2,1-2H3;1-2H3/q;+1;/b5-4-;;. The van der Waals surface area contributed by atoms with Crippen molar-refractivity contribution in [3.63, 3.8) is 0 Å². The minimum atomic E-state index is -0.437. The predicted molar refractivity (Wildman–Crippen MR) is 75.5 cm³/mol. The SMILES string of the molecule is C=C(C)/C=C\C(=C)F.CC.CC1=N[N+](C)=CC1. The zero-order valence-electron chi connectivity index (χ0n) is 11.6. The molecule has 0 radical (unpaired) electrons. The highest BCUT2D eigenvalue weighted by Gasteiger charge is 2.04. The van der Waals surface area contributed by atoms with Gasteiger partial charge >= 0.3 is 0 Å². The number of halogens is 1. The molecule has 0 spiro atoms. The summed E-state index contributed by atoms with van der Waals surface area (Å²) < 4.78 is 13.6. The molecule has 0 saturated carbocycles. The van der Waals surface area contributed by atoms with Crippen molar-refractivity contribution in [3.05, 3.63) is 36.7 Å². The quantitative estimate of drug-likeness (QED) is 0.509. The molecule has 0 aromatic heterocycles. The fourth-order valence-electron chi connectivity index (χ4n) is 0.848. The van der Waals surface area contributed by atoms with Gasteiger partial charge in [-0.1, -0.05) is 43.3 Å². The molecule has 0 aromatic rings. The topological polar surface area (TPSA) is 15.4 Å². The maximum Gasteiger partial charge on any atom is 0.178 e. The first kappa shape index (κ1) is 17.9. The van der Waals surface area contributed by atoms with Crippen LogP contribution in [0.4, 0.5) is 4.39 Å². The predicted octanol–water partition coefficient (Wildman–Crippen LogP) is 4.11. The lowest BCUT2D eigenvalue weighted by atomic mass is 10.3. The van der Waals surface area contributed by atoms with Crippen LogP contribution in [0.2, 0.25) is 0 Å². The number of hydrazone groups is 1. The Kier molecular flexibility index (Phi) is 11.6. The molecule has 1 heterocycles. The van der Waals surface area contributed by atoms with E-state index in [2.05, 4.69) is 24.5 Å². The summed E-state index contributed by atoms with van der Waals surface area (Å²) in [6.07, 6.45) is 5.93. The minimum Gasteiger partial charge on any atom is -0.208 e. The Balaban J connectivity index is 0. The lowest BCUT2D eigenvalue weighted by molar-refractivity contribution is -0.494. The second-order valence-electron chi connectivity index (χ2n) is 3.42. The summed E-state index contributed by atoms with van der Waals surface area (Å²) in [7, 11) is 1.94. The van der Waals surface area contributed by atoms with Crippen LogP contribution in [0.5, 0.6) is 0 Å². The minimum absolute atomic E-state index is 0.437. The van der Waals surface area contributed by atoms with Crippen LogP contribution in [0.3, 0.4) is 0 Å². The summed E-state index contributed by atoms with van der Waals surface area (Å²) in [5.74, 6) is -0.437. The van der Waals surface area contributed by atoms with Crippen molar-refractivity contribution in [3.8, 4) is 0 Å². The summed E-state index contributed by atoms with van der Waals surface area (Å²) in [6, 6.07) is 0. The highest BCUT2D eigenvalue weighted by molar-refractivity contribution is 5.93. The molecule has 1 aliphatic heterocycles. The zero-order valence-corrected chi connectivity index (χ0v) is 11.6. The molecule has 1 aliphatic rings. The molecule has 0 unspecified atom stereocenters. The van der Waals surface area contributed by atoms with E-state index in [4.69, 9.17) is 0 Å². The Morgan fingerprint density at radius 3 is 2.06 bits per heavy atom. The molecule has 0 fully saturated rings. The molecule has 0 atom stereocenters. The molecule has 0 amide bonds. The van der Waals surface area contributed by atoms with Crippen LogP contribution >= 0.6 is 0 Å². The molecule has 3 heteroatoms. The van der Waals surface area contributed by atoms with Crippen LogP contribution in [0.1, 0.15) is 34.1 Å². The van der Waals surface area contributed by atoms with Gasteiger partial charge in [0.15, 0.2) is 13.3 Å². The van der Waals surface area contributed by atoms with Gasteiger partial charge in [0.1, 0.15) is 5.83 Å². The molecule has 0 aromatic carbocycles. The molecule has 0 saturated heterocycles. The molecule has 0 aliphatic carbocycles. The van der Waals surface area contributed by atoms with Crippen molar-refractivity contribution in [1.82, 2.24) is 0 Å². The van der Waals surface area contributed by atoms with E-state index in [1.54, 1.807) is 13.0 Å². The lowest BCUT2D eigenvalue weighted by Gasteiger charge is -1.81. The summed E-state index contributed by atoms with van der Waals surface area (Å²) in [6.45, 7) is 14.4. The van der Waals surface area contributed by atoms with E-state index in [1.165, 1.54) is 11.8 Å². The van der Waals surface area contributed by atoms with E-state index >= 15 is 0 Å². The summed E-state index contributed by atoms with van der Waals surface area (Å²) in [5.41, 5.74) is 2.02. The van der Waals surface area contributed by atoms with Gasteiger partial charge in [-0.05, 0) is 25.0 Å². The third-order valence-corrected chi connectivity index (χ3v) is 1.53. The van der Waals surface area contributed by atoms with E-state index < -0.39 is 5.83 Å². The van der Waals surface area contributed by atoms with Crippen molar-refractivity contribution in [2.75, 3.05) is 7.05 Å². The van der Waals surface area contributed by atoms with Gasteiger partial charge in [0, 0.05) is 0 Å². The average molecular weight is 239 g/mol. The first-order valence-electron chi connectivity index (χ1n) is 5.70. The molecule has 2 nitrogen and oxygen atoms in total. The number of allylic oxidation sites excluding steroid dienone is 4. The number of nitrogens with zero attached hydrogens (tertiary/aromatic N) is 2. The van der Waals surface area contributed by atoms with Crippen molar-refractivity contribution < 1.29 is 9.07 Å². The van der Waals surface area contributed by atoms with Gasteiger partial charge in [0.2, 0.25) is 0 Å². The first-order valence-corrected chi connectivity index (χ1v) is 5.70. The molecule has 0 bridgehead atoms. The van der Waals surface area contributed by atoms with E-state index in [1.807, 2.05) is 32.5 Å². The zero-order chi connectivity index (χ0) is 13.8. The Bertz CT molecular complexity index is 320. The van der Waals surface area contributed by atoms with Crippen LogP contribution in [0.15, 0.2) is 41.8 Å². The van der Waals surface area contributed by atoms with E-state index in [-0.39, 0.29) is 0 Å². The average Bonchev–Trinajstić information content (AvgIpc) is 2.63. The lowest BCUT2D eigenvalue weighted by Crippen LogP contribution is -1.88.